The van der Waals surface area contributed by atoms with Crippen molar-refractivity contribution in [2.75, 3.05) is 6.54 Å². The van der Waals surface area contributed by atoms with Gasteiger partial charge < -0.3 is 9.64 Å². The second-order valence-electron chi connectivity index (χ2n) is 5.20. The fraction of sp³-hybridized carbons (Fsp3) is 0.571. The van der Waals surface area contributed by atoms with E-state index in [-0.39, 0.29) is 12.1 Å². The summed E-state index contributed by atoms with van der Waals surface area (Å²) in [7, 11) is 0. The lowest BCUT2D eigenvalue weighted by atomic mass is 10.2. The summed E-state index contributed by atoms with van der Waals surface area (Å²) in [5.41, 5.74) is 0.388. The third-order valence-electron chi connectivity index (χ3n) is 2.55. The minimum atomic E-state index is -0.478. The summed E-state index contributed by atoms with van der Waals surface area (Å²) in [6, 6.07) is 5.60. The molecule has 0 aliphatic carbocycles. The molecule has 0 aliphatic rings. The van der Waals surface area contributed by atoms with Gasteiger partial charge >= 0.3 is 6.09 Å². The van der Waals surface area contributed by atoms with E-state index in [1.807, 2.05) is 52.8 Å². The molecule has 0 bridgehead atoms. The number of amides is 1. The maximum absolute atomic E-state index is 12.1. The maximum atomic E-state index is 12.1. The predicted octanol–water partition coefficient (Wildman–Crippen LogP) is 3.40. The molecule has 0 saturated carbocycles. The molecular weight excluding hydrogens is 228 g/mol. The number of rotatable bonds is 3. The number of hydrogen-bond donors (Lipinski definition) is 0. The van der Waals surface area contributed by atoms with Gasteiger partial charge in [-0.1, -0.05) is 6.07 Å². The normalized spacial score (nSPS) is 12.9. The Labute approximate surface area is 109 Å². The second kappa shape index (κ2) is 5.85. The summed E-state index contributed by atoms with van der Waals surface area (Å²) in [6.07, 6.45) is 1.43. The molecule has 1 amide bonds. The van der Waals surface area contributed by atoms with Crippen LogP contribution in [0.5, 0.6) is 0 Å². The lowest BCUT2D eigenvalue weighted by Crippen LogP contribution is -2.38. The van der Waals surface area contributed by atoms with Gasteiger partial charge in [-0.15, -0.1) is 0 Å². The van der Waals surface area contributed by atoms with Crippen LogP contribution in [-0.4, -0.2) is 28.1 Å². The van der Waals surface area contributed by atoms with Crippen molar-refractivity contribution in [1.82, 2.24) is 9.88 Å². The van der Waals surface area contributed by atoms with E-state index in [1.54, 1.807) is 11.1 Å². The Morgan fingerprint density at radius 1 is 1.44 bits per heavy atom. The molecule has 0 fully saturated rings. The van der Waals surface area contributed by atoms with Crippen LogP contribution in [0, 0.1) is 0 Å². The number of carbonyl (C=O) groups is 1. The number of ether oxygens (including phenoxy) is 1. The van der Waals surface area contributed by atoms with Crippen LogP contribution in [0.2, 0.25) is 0 Å². The van der Waals surface area contributed by atoms with E-state index in [2.05, 4.69) is 4.98 Å². The van der Waals surface area contributed by atoms with Crippen molar-refractivity contribution in [3.63, 3.8) is 0 Å². The lowest BCUT2D eigenvalue weighted by Gasteiger charge is -2.30. The Morgan fingerprint density at radius 2 is 2.11 bits per heavy atom. The first-order valence-corrected chi connectivity index (χ1v) is 6.25. The van der Waals surface area contributed by atoms with Crippen molar-refractivity contribution in [2.24, 2.45) is 0 Å². The molecule has 18 heavy (non-hydrogen) atoms. The summed E-state index contributed by atoms with van der Waals surface area (Å²) in [6.45, 7) is 10.1. The molecule has 100 valence electrons. The first kappa shape index (κ1) is 14.5. The highest BCUT2D eigenvalue weighted by Gasteiger charge is 2.25. The fourth-order valence-corrected chi connectivity index (χ4v) is 1.66. The topological polar surface area (TPSA) is 42.4 Å². The summed E-state index contributed by atoms with van der Waals surface area (Å²) < 4.78 is 5.39. The zero-order chi connectivity index (χ0) is 13.8. The molecule has 0 N–H and O–H groups in total. The summed E-state index contributed by atoms with van der Waals surface area (Å²) in [4.78, 5) is 18.0. The Hall–Kier alpha value is -1.58. The van der Waals surface area contributed by atoms with Gasteiger partial charge in [-0.25, -0.2) is 4.79 Å². The quantitative estimate of drug-likeness (QED) is 0.825. The average molecular weight is 250 g/mol. The van der Waals surface area contributed by atoms with Crippen LogP contribution in [0.15, 0.2) is 24.4 Å². The zero-order valence-corrected chi connectivity index (χ0v) is 11.8. The SMILES string of the molecule is CCN(C(=O)OC(C)(C)C)C(C)c1ccccn1. The highest BCUT2D eigenvalue weighted by molar-refractivity contribution is 5.68. The molecule has 0 spiro atoms. The maximum Gasteiger partial charge on any atom is 0.410 e. The monoisotopic (exact) mass is 250 g/mol. The van der Waals surface area contributed by atoms with E-state index < -0.39 is 5.60 Å². The van der Waals surface area contributed by atoms with Gasteiger partial charge in [-0.3, -0.25) is 4.98 Å². The minimum Gasteiger partial charge on any atom is -0.444 e. The Morgan fingerprint density at radius 3 is 2.56 bits per heavy atom. The minimum absolute atomic E-state index is 0.0916. The van der Waals surface area contributed by atoms with Gasteiger partial charge in [0, 0.05) is 12.7 Å². The number of nitrogens with zero attached hydrogens (tertiary/aromatic N) is 2. The van der Waals surface area contributed by atoms with Crippen LogP contribution in [0.4, 0.5) is 4.79 Å². The van der Waals surface area contributed by atoms with Crippen molar-refractivity contribution in [1.29, 1.82) is 0 Å². The third-order valence-corrected chi connectivity index (χ3v) is 2.55. The van der Waals surface area contributed by atoms with Gasteiger partial charge in [0.25, 0.3) is 0 Å². The molecule has 1 unspecified atom stereocenters. The van der Waals surface area contributed by atoms with Crippen LogP contribution in [0.3, 0.4) is 0 Å². The molecule has 0 radical (unpaired) electrons. The molecular formula is C14H22N2O2. The highest BCUT2D eigenvalue weighted by atomic mass is 16.6. The molecule has 0 saturated heterocycles. The van der Waals surface area contributed by atoms with Crippen LogP contribution in [-0.2, 0) is 4.74 Å². The lowest BCUT2D eigenvalue weighted by molar-refractivity contribution is 0.0182. The van der Waals surface area contributed by atoms with Crippen LogP contribution in [0.1, 0.15) is 46.4 Å². The Bertz CT molecular complexity index is 385. The van der Waals surface area contributed by atoms with Gasteiger partial charge in [0.15, 0.2) is 0 Å². The van der Waals surface area contributed by atoms with E-state index in [0.29, 0.717) is 6.54 Å². The van der Waals surface area contributed by atoms with E-state index in [1.165, 1.54) is 0 Å². The predicted molar refractivity (Wildman–Crippen MR) is 71.3 cm³/mol. The van der Waals surface area contributed by atoms with Crippen LogP contribution in [0.25, 0.3) is 0 Å². The summed E-state index contributed by atoms with van der Waals surface area (Å²) >= 11 is 0. The first-order valence-electron chi connectivity index (χ1n) is 6.25. The van der Waals surface area contributed by atoms with Crippen molar-refractivity contribution < 1.29 is 9.53 Å². The molecule has 1 rings (SSSR count). The first-order chi connectivity index (χ1) is 8.35. The van der Waals surface area contributed by atoms with E-state index in [9.17, 15) is 4.79 Å². The largest absolute Gasteiger partial charge is 0.444 e. The number of hydrogen-bond acceptors (Lipinski definition) is 3. The van der Waals surface area contributed by atoms with Crippen molar-refractivity contribution in [2.45, 2.75) is 46.3 Å². The van der Waals surface area contributed by atoms with Gasteiger partial charge in [0.05, 0.1) is 11.7 Å². The number of aromatic nitrogens is 1. The van der Waals surface area contributed by atoms with Gasteiger partial charge in [0.1, 0.15) is 5.60 Å². The van der Waals surface area contributed by atoms with E-state index >= 15 is 0 Å². The highest BCUT2D eigenvalue weighted by Crippen LogP contribution is 2.20. The van der Waals surface area contributed by atoms with E-state index in [0.717, 1.165) is 5.69 Å². The standard InChI is InChI=1S/C14H22N2O2/c1-6-16(13(17)18-14(3,4)5)11(2)12-9-7-8-10-15-12/h7-11H,6H2,1-5H3. The zero-order valence-electron chi connectivity index (χ0n) is 11.8. The third kappa shape index (κ3) is 4.02. The molecule has 1 atom stereocenters. The van der Waals surface area contributed by atoms with Crippen molar-refractivity contribution >= 4 is 6.09 Å². The van der Waals surface area contributed by atoms with Crippen LogP contribution >= 0.6 is 0 Å². The van der Waals surface area contributed by atoms with E-state index in [4.69, 9.17) is 4.74 Å². The molecule has 0 aliphatic heterocycles. The summed E-state index contributed by atoms with van der Waals surface area (Å²) in [5.74, 6) is 0. The van der Waals surface area contributed by atoms with Crippen LogP contribution < -0.4 is 0 Å². The molecule has 0 aromatic carbocycles. The number of carbonyl (C=O) groups excluding carboxylic acids is 1. The second-order valence-corrected chi connectivity index (χ2v) is 5.20. The van der Waals surface area contributed by atoms with Crippen molar-refractivity contribution in [3.05, 3.63) is 30.1 Å². The molecule has 1 heterocycles. The molecule has 4 nitrogen and oxygen atoms in total. The van der Waals surface area contributed by atoms with Crippen molar-refractivity contribution in [3.8, 4) is 0 Å². The van der Waals surface area contributed by atoms with Gasteiger partial charge in [-0.2, -0.15) is 0 Å². The summed E-state index contributed by atoms with van der Waals surface area (Å²) in [5, 5.41) is 0. The fourth-order valence-electron chi connectivity index (χ4n) is 1.66. The Balaban J connectivity index is 2.81. The van der Waals surface area contributed by atoms with Gasteiger partial charge in [-0.05, 0) is 46.8 Å². The molecule has 1 aromatic rings. The number of pyridine rings is 1. The van der Waals surface area contributed by atoms with Gasteiger partial charge in [0.2, 0.25) is 0 Å². The average Bonchev–Trinajstić information content (AvgIpc) is 2.28. The molecule has 4 heteroatoms. The Kier molecular flexibility index (Phi) is 4.70. The smallest absolute Gasteiger partial charge is 0.410 e. The molecule has 1 aromatic heterocycles.